The SMILES string of the molecule is c1ccc(-c2ccc(-c3nc(-c4ccc5ccccc5c4)nc(-c4cc5c(oc6cccc(-c7ccccc7)c65)c5ccccc45)n3)cc2)cc1. The van der Waals surface area contributed by atoms with Crippen molar-refractivity contribution in [2.75, 3.05) is 0 Å². The van der Waals surface area contributed by atoms with Gasteiger partial charge >= 0.3 is 0 Å². The number of aromatic nitrogens is 3. The molecule has 8 aromatic carbocycles. The second-order valence-corrected chi connectivity index (χ2v) is 12.8. The van der Waals surface area contributed by atoms with Crippen LogP contribution in [0.15, 0.2) is 180 Å². The average molecular weight is 652 g/mol. The van der Waals surface area contributed by atoms with Gasteiger partial charge in [-0.3, -0.25) is 0 Å². The molecule has 0 fully saturated rings. The maximum Gasteiger partial charge on any atom is 0.164 e. The van der Waals surface area contributed by atoms with Crippen LogP contribution in [0.2, 0.25) is 0 Å². The molecule has 238 valence electrons. The van der Waals surface area contributed by atoms with Crippen LogP contribution >= 0.6 is 0 Å². The van der Waals surface area contributed by atoms with Crippen molar-refractivity contribution < 1.29 is 4.42 Å². The van der Waals surface area contributed by atoms with E-state index in [1.54, 1.807) is 0 Å². The monoisotopic (exact) mass is 651 g/mol. The minimum Gasteiger partial charge on any atom is -0.455 e. The van der Waals surface area contributed by atoms with Gasteiger partial charge < -0.3 is 4.42 Å². The minimum atomic E-state index is 0.611. The first-order chi connectivity index (χ1) is 25.3. The van der Waals surface area contributed by atoms with Crippen LogP contribution in [0.25, 0.3) is 99.9 Å². The third-order valence-corrected chi connectivity index (χ3v) is 9.72. The molecule has 0 radical (unpaired) electrons. The van der Waals surface area contributed by atoms with Crippen molar-refractivity contribution in [2.24, 2.45) is 0 Å². The highest BCUT2D eigenvalue weighted by Crippen LogP contribution is 2.43. The second-order valence-electron chi connectivity index (χ2n) is 12.8. The van der Waals surface area contributed by atoms with Gasteiger partial charge in [0.1, 0.15) is 11.2 Å². The number of hydrogen-bond donors (Lipinski definition) is 0. The van der Waals surface area contributed by atoms with E-state index >= 15 is 0 Å². The lowest BCUT2D eigenvalue weighted by atomic mass is 9.96. The predicted octanol–water partition coefficient (Wildman–Crippen LogP) is 12.4. The summed E-state index contributed by atoms with van der Waals surface area (Å²) in [5.74, 6) is 1.85. The van der Waals surface area contributed by atoms with Crippen LogP contribution in [0.3, 0.4) is 0 Å². The van der Waals surface area contributed by atoms with Crippen molar-refractivity contribution in [3.05, 3.63) is 176 Å². The summed E-state index contributed by atoms with van der Waals surface area (Å²) < 4.78 is 6.64. The summed E-state index contributed by atoms with van der Waals surface area (Å²) in [6.07, 6.45) is 0. The van der Waals surface area contributed by atoms with Gasteiger partial charge in [0.2, 0.25) is 0 Å². The van der Waals surface area contributed by atoms with Crippen molar-refractivity contribution in [3.63, 3.8) is 0 Å². The molecule has 0 unspecified atom stereocenters. The van der Waals surface area contributed by atoms with Crippen LogP contribution < -0.4 is 0 Å². The van der Waals surface area contributed by atoms with Gasteiger partial charge in [0.25, 0.3) is 0 Å². The van der Waals surface area contributed by atoms with Crippen LogP contribution in [-0.2, 0) is 0 Å². The predicted molar refractivity (Wildman–Crippen MR) is 209 cm³/mol. The van der Waals surface area contributed by atoms with Gasteiger partial charge in [0.05, 0.1) is 0 Å². The molecule has 2 heterocycles. The van der Waals surface area contributed by atoms with E-state index in [1.165, 1.54) is 10.9 Å². The highest BCUT2D eigenvalue weighted by molar-refractivity contribution is 6.21. The average Bonchev–Trinajstić information content (AvgIpc) is 3.60. The maximum absolute atomic E-state index is 6.64. The van der Waals surface area contributed by atoms with E-state index in [9.17, 15) is 0 Å². The lowest BCUT2D eigenvalue weighted by molar-refractivity contribution is 0.673. The number of benzene rings is 8. The lowest BCUT2D eigenvalue weighted by Gasteiger charge is -2.12. The summed E-state index contributed by atoms with van der Waals surface area (Å²) in [5, 5.41) is 6.44. The molecule has 10 aromatic rings. The fourth-order valence-corrected chi connectivity index (χ4v) is 7.22. The first-order valence-corrected chi connectivity index (χ1v) is 17.1. The molecule has 0 amide bonds. The van der Waals surface area contributed by atoms with Crippen molar-refractivity contribution in [1.82, 2.24) is 15.0 Å². The molecule has 0 aliphatic rings. The van der Waals surface area contributed by atoms with E-state index < -0.39 is 0 Å². The van der Waals surface area contributed by atoms with E-state index in [1.807, 2.05) is 18.2 Å². The van der Waals surface area contributed by atoms with Gasteiger partial charge in [-0.05, 0) is 56.6 Å². The van der Waals surface area contributed by atoms with Crippen molar-refractivity contribution in [1.29, 1.82) is 0 Å². The van der Waals surface area contributed by atoms with Crippen molar-refractivity contribution >= 4 is 43.5 Å². The first-order valence-electron chi connectivity index (χ1n) is 17.1. The molecule has 0 aliphatic carbocycles. The molecule has 0 saturated carbocycles. The van der Waals surface area contributed by atoms with E-state index in [0.717, 1.165) is 71.5 Å². The molecular formula is C47H29N3O. The van der Waals surface area contributed by atoms with Crippen LogP contribution in [0.5, 0.6) is 0 Å². The van der Waals surface area contributed by atoms with Crippen LogP contribution in [-0.4, -0.2) is 15.0 Å². The molecule has 0 atom stereocenters. The molecule has 2 aromatic heterocycles. The third kappa shape index (κ3) is 5.04. The summed E-state index contributed by atoms with van der Waals surface area (Å²) in [6.45, 7) is 0. The minimum absolute atomic E-state index is 0.611. The smallest absolute Gasteiger partial charge is 0.164 e. The topological polar surface area (TPSA) is 51.8 Å². The molecular weight excluding hydrogens is 623 g/mol. The molecule has 0 aliphatic heterocycles. The number of furan rings is 1. The van der Waals surface area contributed by atoms with Gasteiger partial charge in [-0.2, -0.15) is 0 Å². The molecule has 0 spiro atoms. The van der Waals surface area contributed by atoms with Crippen LogP contribution in [0.4, 0.5) is 0 Å². The maximum atomic E-state index is 6.64. The lowest BCUT2D eigenvalue weighted by Crippen LogP contribution is -2.01. The Morgan fingerprint density at radius 2 is 0.922 bits per heavy atom. The number of rotatable bonds is 5. The Morgan fingerprint density at radius 1 is 0.333 bits per heavy atom. The first kappa shape index (κ1) is 29.0. The summed E-state index contributed by atoms with van der Waals surface area (Å²) in [4.78, 5) is 15.5. The Morgan fingerprint density at radius 3 is 1.71 bits per heavy atom. The molecule has 4 nitrogen and oxygen atoms in total. The number of nitrogens with zero attached hydrogens (tertiary/aromatic N) is 3. The van der Waals surface area contributed by atoms with Crippen molar-refractivity contribution in [2.45, 2.75) is 0 Å². The Labute approximate surface area is 294 Å². The molecule has 0 bridgehead atoms. The number of hydrogen-bond acceptors (Lipinski definition) is 4. The fourth-order valence-electron chi connectivity index (χ4n) is 7.22. The summed E-state index contributed by atoms with van der Waals surface area (Å²) in [7, 11) is 0. The molecule has 51 heavy (non-hydrogen) atoms. The highest BCUT2D eigenvalue weighted by Gasteiger charge is 2.20. The summed E-state index contributed by atoms with van der Waals surface area (Å²) >= 11 is 0. The van der Waals surface area contributed by atoms with E-state index in [4.69, 9.17) is 19.4 Å². The van der Waals surface area contributed by atoms with Gasteiger partial charge in [-0.25, -0.2) is 15.0 Å². The van der Waals surface area contributed by atoms with Gasteiger partial charge in [0.15, 0.2) is 17.5 Å². The zero-order valence-electron chi connectivity index (χ0n) is 27.5. The van der Waals surface area contributed by atoms with E-state index in [-0.39, 0.29) is 0 Å². The van der Waals surface area contributed by atoms with E-state index in [2.05, 4.69) is 158 Å². The Bertz CT molecular complexity index is 2900. The van der Waals surface area contributed by atoms with Crippen LogP contribution in [0.1, 0.15) is 0 Å². The molecule has 0 N–H and O–H groups in total. The highest BCUT2D eigenvalue weighted by atomic mass is 16.3. The molecule has 4 heteroatoms. The zero-order valence-corrected chi connectivity index (χ0v) is 27.5. The zero-order chi connectivity index (χ0) is 33.7. The van der Waals surface area contributed by atoms with Gasteiger partial charge in [-0.1, -0.05) is 158 Å². The fraction of sp³-hybridized carbons (Fsp3) is 0. The summed E-state index contributed by atoms with van der Waals surface area (Å²) in [5.41, 5.74) is 9.06. The number of fused-ring (bicyclic) bond motifs is 6. The van der Waals surface area contributed by atoms with Crippen molar-refractivity contribution in [3.8, 4) is 56.4 Å². The van der Waals surface area contributed by atoms with Crippen LogP contribution in [0, 0.1) is 0 Å². The Kier molecular flexibility index (Phi) is 6.78. The Balaban J connectivity index is 1.23. The standard InChI is InChI=1S/C47H29N3O/c1-3-12-30(13-4-1)32-22-25-34(26-23-32)45-48-46(36-27-24-31-14-7-8-17-35(31)28-36)50-47(49-45)40-29-41-43-37(33-15-5-2-6-16-33)20-11-21-42(43)51-44(41)39-19-10-9-18-38(39)40/h1-29H. The largest absolute Gasteiger partial charge is 0.455 e. The van der Waals surface area contributed by atoms with Gasteiger partial charge in [0, 0.05) is 32.8 Å². The quantitative estimate of drug-likeness (QED) is 0.186. The molecule has 10 rings (SSSR count). The Hall–Kier alpha value is -6.91. The van der Waals surface area contributed by atoms with Gasteiger partial charge in [-0.15, -0.1) is 0 Å². The summed E-state index contributed by atoms with van der Waals surface area (Å²) in [6, 6.07) is 61.0. The van der Waals surface area contributed by atoms with E-state index in [0.29, 0.717) is 17.5 Å². The molecule has 0 saturated heterocycles. The second kappa shape index (κ2) is 11.9. The third-order valence-electron chi connectivity index (χ3n) is 9.72. The normalized spacial score (nSPS) is 11.5.